The largest absolute Gasteiger partial charge is 0.460 e. The molecule has 5 nitrogen and oxygen atoms in total. The summed E-state index contributed by atoms with van der Waals surface area (Å²) in [6.07, 6.45) is 4.45. The first-order valence-corrected chi connectivity index (χ1v) is 9.32. The molecule has 1 fully saturated rings. The highest BCUT2D eigenvalue weighted by Gasteiger charge is 2.34. The van der Waals surface area contributed by atoms with Crippen molar-refractivity contribution >= 4 is 16.9 Å². The highest BCUT2D eigenvalue weighted by atomic mass is 16.5. The summed E-state index contributed by atoms with van der Waals surface area (Å²) in [5.41, 5.74) is 3.07. The quantitative estimate of drug-likeness (QED) is 0.718. The second kappa shape index (κ2) is 7.00. The van der Waals surface area contributed by atoms with Crippen molar-refractivity contribution in [2.75, 3.05) is 13.2 Å². The Labute approximate surface area is 153 Å². The van der Waals surface area contributed by atoms with Crippen molar-refractivity contribution in [3.8, 4) is 0 Å². The predicted molar refractivity (Wildman–Crippen MR) is 99.1 cm³/mol. The lowest BCUT2D eigenvalue weighted by molar-refractivity contribution is -0.932. The summed E-state index contributed by atoms with van der Waals surface area (Å²) in [5.74, 6) is -0.00852. The Balaban J connectivity index is 1.71. The van der Waals surface area contributed by atoms with Crippen LogP contribution in [-0.4, -0.2) is 23.7 Å². The van der Waals surface area contributed by atoms with E-state index in [2.05, 4.69) is 29.9 Å². The lowest BCUT2D eigenvalue weighted by Gasteiger charge is -2.22. The van der Waals surface area contributed by atoms with Crippen molar-refractivity contribution in [2.45, 2.75) is 32.4 Å². The molecule has 0 spiro atoms. The number of fused-ring (bicyclic) bond motifs is 1. The molecule has 0 saturated carbocycles. The second-order valence-corrected chi connectivity index (χ2v) is 6.95. The smallest absolute Gasteiger partial charge is 0.374 e. The number of aromatic nitrogens is 1. The van der Waals surface area contributed by atoms with Gasteiger partial charge in [0.2, 0.25) is 5.76 Å². The first kappa shape index (κ1) is 16.9. The van der Waals surface area contributed by atoms with E-state index >= 15 is 0 Å². The van der Waals surface area contributed by atoms with Gasteiger partial charge in [0.05, 0.1) is 24.4 Å². The number of carbonyl (C=O) groups is 1. The fourth-order valence-corrected chi connectivity index (χ4v) is 4.18. The van der Waals surface area contributed by atoms with Crippen LogP contribution in [0, 0.1) is 0 Å². The Bertz CT molecular complexity index is 924. The molecule has 1 aliphatic rings. The molecule has 0 radical (unpaired) electrons. The Kier molecular flexibility index (Phi) is 4.55. The van der Waals surface area contributed by atoms with E-state index in [4.69, 9.17) is 9.15 Å². The molecule has 2 atom stereocenters. The molecule has 5 heteroatoms. The third-order valence-corrected chi connectivity index (χ3v) is 5.39. The van der Waals surface area contributed by atoms with Gasteiger partial charge in [0.25, 0.3) is 0 Å². The molecule has 0 bridgehead atoms. The van der Waals surface area contributed by atoms with E-state index < -0.39 is 0 Å². The average Bonchev–Trinajstić information content (AvgIpc) is 3.34. The van der Waals surface area contributed by atoms with E-state index in [9.17, 15) is 4.79 Å². The minimum Gasteiger partial charge on any atom is -0.460 e. The number of ether oxygens (including phenoxy) is 1. The van der Waals surface area contributed by atoms with Gasteiger partial charge >= 0.3 is 5.97 Å². The van der Waals surface area contributed by atoms with Crippen LogP contribution in [0.5, 0.6) is 0 Å². The number of furan rings is 1. The molecular formula is C21H25N2O3+. The topological polar surface area (TPSA) is 48.8 Å². The zero-order chi connectivity index (χ0) is 18.1. The fraction of sp³-hybridized carbons (Fsp3) is 0.381. The minimum absolute atomic E-state index is 0.345. The standard InChI is InChI=1S/C21H24N2O3/c1-3-25-21(24)20-16(15-8-4-5-11-19(15)26-20)14-23-13-7-10-18(23)17-9-6-12-22(17)2/h4-6,8-9,11-12,18H,3,7,10,13-14H2,1-2H3/p+1/t18-/m0/s1. The number of hydrogen-bond acceptors (Lipinski definition) is 3. The van der Waals surface area contributed by atoms with E-state index in [1.807, 2.05) is 31.2 Å². The summed E-state index contributed by atoms with van der Waals surface area (Å²) in [7, 11) is 2.10. The van der Waals surface area contributed by atoms with Crippen LogP contribution in [0.15, 0.2) is 47.0 Å². The van der Waals surface area contributed by atoms with Gasteiger partial charge in [-0.25, -0.2) is 4.79 Å². The molecule has 1 aromatic carbocycles. The Morgan fingerprint density at radius 3 is 2.92 bits per heavy atom. The molecule has 2 aromatic heterocycles. The Morgan fingerprint density at radius 1 is 1.31 bits per heavy atom. The zero-order valence-electron chi connectivity index (χ0n) is 15.3. The summed E-state index contributed by atoms with van der Waals surface area (Å²) in [6, 6.07) is 12.6. The number of hydrogen-bond donors (Lipinski definition) is 1. The van der Waals surface area contributed by atoms with Gasteiger partial charge in [-0.3, -0.25) is 0 Å². The molecule has 26 heavy (non-hydrogen) atoms. The maximum atomic E-state index is 12.4. The SMILES string of the molecule is CCOC(=O)c1oc2ccccc2c1C[NH+]1CCC[C@H]1c1cccn1C. The molecule has 1 unspecified atom stereocenters. The van der Waals surface area contributed by atoms with Gasteiger partial charge in [-0.15, -0.1) is 0 Å². The molecule has 0 aliphatic carbocycles. The molecule has 3 heterocycles. The van der Waals surface area contributed by atoms with Crippen LogP contribution in [0.25, 0.3) is 11.0 Å². The second-order valence-electron chi connectivity index (χ2n) is 6.95. The Morgan fingerprint density at radius 2 is 2.15 bits per heavy atom. The van der Waals surface area contributed by atoms with Crippen LogP contribution >= 0.6 is 0 Å². The highest BCUT2D eigenvalue weighted by Crippen LogP contribution is 2.27. The minimum atomic E-state index is -0.368. The lowest BCUT2D eigenvalue weighted by atomic mass is 10.1. The number of esters is 1. The van der Waals surface area contributed by atoms with Crippen LogP contribution < -0.4 is 4.90 Å². The molecule has 1 saturated heterocycles. The first-order chi connectivity index (χ1) is 12.7. The van der Waals surface area contributed by atoms with E-state index in [-0.39, 0.29) is 5.97 Å². The Hall–Kier alpha value is -2.53. The molecule has 136 valence electrons. The van der Waals surface area contributed by atoms with Crippen molar-refractivity contribution < 1.29 is 18.8 Å². The number of nitrogens with one attached hydrogen (secondary N) is 1. The molecular weight excluding hydrogens is 328 g/mol. The number of nitrogens with zero attached hydrogens (tertiary/aromatic N) is 1. The van der Waals surface area contributed by atoms with E-state index in [0.29, 0.717) is 18.4 Å². The average molecular weight is 353 g/mol. The van der Waals surface area contributed by atoms with Gasteiger partial charge in [-0.05, 0) is 25.1 Å². The van der Waals surface area contributed by atoms with E-state index in [1.165, 1.54) is 17.0 Å². The van der Waals surface area contributed by atoms with Crippen molar-refractivity contribution in [3.05, 3.63) is 59.6 Å². The third kappa shape index (κ3) is 2.92. The van der Waals surface area contributed by atoms with Gasteiger partial charge in [-0.2, -0.15) is 0 Å². The number of para-hydroxylation sites is 1. The third-order valence-electron chi connectivity index (χ3n) is 5.39. The fourth-order valence-electron chi connectivity index (χ4n) is 4.18. The van der Waals surface area contributed by atoms with Gasteiger partial charge in [0.15, 0.2) is 0 Å². The van der Waals surface area contributed by atoms with Crippen molar-refractivity contribution in [2.24, 2.45) is 7.05 Å². The van der Waals surface area contributed by atoms with E-state index in [1.54, 1.807) is 0 Å². The molecule has 0 amide bonds. The zero-order valence-corrected chi connectivity index (χ0v) is 15.3. The van der Waals surface area contributed by atoms with Crippen LogP contribution in [-0.2, 0) is 18.3 Å². The molecule has 4 rings (SSSR count). The monoisotopic (exact) mass is 353 g/mol. The van der Waals surface area contributed by atoms with Crippen LogP contribution in [0.4, 0.5) is 0 Å². The lowest BCUT2D eigenvalue weighted by Crippen LogP contribution is -3.09. The van der Waals surface area contributed by atoms with Crippen LogP contribution in [0.2, 0.25) is 0 Å². The van der Waals surface area contributed by atoms with Crippen LogP contribution in [0.3, 0.4) is 0 Å². The van der Waals surface area contributed by atoms with Crippen molar-refractivity contribution in [3.63, 3.8) is 0 Å². The normalized spacial score (nSPS) is 19.9. The number of aryl methyl sites for hydroxylation is 1. The van der Waals surface area contributed by atoms with Crippen LogP contribution in [0.1, 0.15) is 47.6 Å². The van der Waals surface area contributed by atoms with Crippen molar-refractivity contribution in [1.29, 1.82) is 0 Å². The molecule has 1 N–H and O–H groups in total. The molecule has 1 aliphatic heterocycles. The van der Waals surface area contributed by atoms with E-state index in [0.717, 1.165) is 36.0 Å². The number of likely N-dealkylation sites (tertiary alicyclic amines) is 1. The number of benzene rings is 1. The first-order valence-electron chi connectivity index (χ1n) is 9.32. The van der Waals surface area contributed by atoms with Gasteiger partial charge < -0.3 is 18.6 Å². The highest BCUT2D eigenvalue weighted by molar-refractivity contribution is 5.96. The summed E-state index contributed by atoms with van der Waals surface area (Å²) >= 11 is 0. The maximum absolute atomic E-state index is 12.4. The van der Waals surface area contributed by atoms with Gasteiger partial charge in [0.1, 0.15) is 18.2 Å². The predicted octanol–water partition coefficient (Wildman–Crippen LogP) is 2.87. The van der Waals surface area contributed by atoms with Crippen molar-refractivity contribution in [1.82, 2.24) is 4.57 Å². The number of rotatable bonds is 5. The van der Waals surface area contributed by atoms with Gasteiger partial charge in [-0.1, -0.05) is 18.2 Å². The summed E-state index contributed by atoms with van der Waals surface area (Å²) in [6.45, 7) is 4.02. The number of quaternary nitrogens is 1. The summed E-state index contributed by atoms with van der Waals surface area (Å²) < 4.78 is 13.3. The number of carbonyl (C=O) groups excluding carboxylic acids is 1. The summed E-state index contributed by atoms with van der Waals surface area (Å²) in [4.78, 5) is 13.9. The van der Waals surface area contributed by atoms with Gasteiger partial charge in [0, 0.05) is 31.5 Å². The summed E-state index contributed by atoms with van der Waals surface area (Å²) in [5, 5.41) is 1.01. The molecule has 3 aromatic rings. The maximum Gasteiger partial charge on any atom is 0.374 e.